The second kappa shape index (κ2) is 6.01. The second-order valence-electron chi connectivity index (χ2n) is 4.39. The van der Waals surface area contributed by atoms with Crippen molar-refractivity contribution in [1.82, 2.24) is 5.32 Å². The van der Waals surface area contributed by atoms with E-state index in [1.165, 1.54) is 12.1 Å². The summed E-state index contributed by atoms with van der Waals surface area (Å²) in [6.07, 6.45) is -2.15. The monoisotopic (exact) mass is 347 g/mol. The largest absolute Gasteiger partial charge is 0.457 e. The number of halogens is 4. The molecule has 0 bridgehead atoms. The molecule has 108 valence electrons. The van der Waals surface area contributed by atoms with Gasteiger partial charge in [-0.1, -0.05) is 12.1 Å². The van der Waals surface area contributed by atoms with Crippen LogP contribution in [0, 0.1) is 0 Å². The number of likely N-dealkylation sites (N-methyl/N-ethyl adjacent to an activating group) is 1. The standard InChI is InChI=1S/C14H13BrF3NO/c1-19-12(11-6-7-20-13(11)15)8-9-2-4-10(5-3-9)14(16,17)18/h2-7,12,19H,8H2,1H3. The van der Waals surface area contributed by atoms with Crippen LogP contribution in [0.1, 0.15) is 22.7 Å². The van der Waals surface area contributed by atoms with E-state index in [9.17, 15) is 13.2 Å². The summed E-state index contributed by atoms with van der Waals surface area (Å²) in [6, 6.07) is 7.01. The van der Waals surface area contributed by atoms with Crippen molar-refractivity contribution in [2.75, 3.05) is 7.05 Å². The van der Waals surface area contributed by atoms with Crippen molar-refractivity contribution in [1.29, 1.82) is 0 Å². The predicted molar refractivity (Wildman–Crippen MR) is 73.4 cm³/mol. The van der Waals surface area contributed by atoms with E-state index < -0.39 is 11.7 Å². The van der Waals surface area contributed by atoms with Crippen LogP contribution < -0.4 is 5.32 Å². The van der Waals surface area contributed by atoms with Crippen molar-refractivity contribution in [3.8, 4) is 0 Å². The van der Waals surface area contributed by atoms with Gasteiger partial charge in [-0.05, 0) is 53.2 Å². The van der Waals surface area contributed by atoms with Gasteiger partial charge in [-0.25, -0.2) is 0 Å². The number of nitrogens with one attached hydrogen (secondary N) is 1. The van der Waals surface area contributed by atoms with Gasteiger partial charge in [-0.15, -0.1) is 0 Å². The van der Waals surface area contributed by atoms with Gasteiger partial charge in [-0.3, -0.25) is 0 Å². The predicted octanol–water partition coefficient (Wildman–Crippen LogP) is 4.56. The molecule has 0 spiro atoms. The van der Waals surface area contributed by atoms with Crippen LogP contribution in [0.15, 0.2) is 45.7 Å². The first kappa shape index (κ1) is 15.1. The molecule has 0 fully saturated rings. The average Bonchev–Trinajstić information content (AvgIpc) is 2.82. The molecule has 1 aromatic carbocycles. The number of alkyl halides is 3. The van der Waals surface area contributed by atoms with Crippen LogP contribution in [-0.4, -0.2) is 7.05 Å². The molecule has 1 aromatic heterocycles. The van der Waals surface area contributed by atoms with E-state index in [-0.39, 0.29) is 6.04 Å². The summed E-state index contributed by atoms with van der Waals surface area (Å²) in [7, 11) is 1.80. The molecule has 1 atom stereocenters. The van der Waals surface area contributed by atoms with E-state index in [1.54, 1.807) is 13.3 Å². The van der Waals surface area contributed by atoms with Crippen LogP contribution in [0.5, 0.6) is 0 Å². The molecule has 0 aliphatic heterocycles. The van der Waals surface area contributed by atoms with Gasteiger partial charge < -0.3 is 9.73 Å². The Bertz CT molecular complexity index is 563. The third kappa shape index (κ3) is 3.43. The number of hydrogen-bond acceptors (Lipinski definition) is 2. The molecule has 0 radical (unpaired) electrons. The number of furan rings is 1. The minimum Gasteiger partial charge on any atom is -0.457 e. The lowest BCUT2D eigenvalue weighted by atomic mass is 10.0. The fraction of sp³-hybridized carbons (Fsp3) is 0.286. The Morgan fingerprint density at radius 2 is 1.85 bits per heavy atom. The van der Waals surface area contributed by atoms with Gasteiger partial charge in [0, 0.05) is 11.6 Å². The van der Waals surface area contributed by atoms with E-state index in [4.69, 9.17) is 4.42 Å². The summed E-state index contributed by atoms with van der Waals surface area (Å²) >= 11 is 3.30. The van der Waals surface area contributed by atoms with E-state index in [2.05, 4.69) is 21.2 Å². The van der Waals surface area contributed by atoms with Crippen LogP contribution in [0.2, 0.25) is 0 Å². The molecule has 6 heteroatoms. The number of benzene rings is 1. The Morgan fingerprint density at radius 1 is 1.20 bits per heavy atom. The third-order valence-electron chi connectivity index (χ3n) is 3.09. The van der Waals surface area contributed by atoms with E-state index >= 15 is 0 Å². The zero-order valence-electron chi connectivity index (χ0n) is 10.7. The highest BCUT2D eigenvalue weighted by atomic mass is 79.9. The fourth-order valence-electron chi connectivity index (χ4n) is 1.99. The molecule has 0 saturated heterocycles. The van der Waals surface area contributed by atoms with Gasteiger partial charge in [0.25, 0.3) is 0 Å². The Hall–Kier alpha value is -1.27. The van der Waals surface area contributed by atoms with Crippen molar-refractivity contribution in [3.63, 3.8) is 0 Å². The zero-order valence-corrected chi connectivity index (χ0v) is 12.3. The van der Waals surface area contributed by atoms with Crippen LogP contribution in [0.3, 0.4) is 0 Å². The summed E-state index contributed by atoms with van der Waals surface area (Å²) in [5.74, 6) is 0. The summed E-state index contributed by atoms with van der Waals surface area (Å²) < 4.78 is 43.3. The van der Waals surface area contributed by atoms with Gasteiger partial charge in [0.15, 0.2) is 4.67 Å². The minimum absolute atomic E-state index is 0.0279. The third-order valence-corrected chi connectivity index (χ3v) is 3.74. The molecule has 2 nitrogen and oxygen atoms in total. The quantitative estimate of drug-likeness (QED) is 0.876. The molecular formula is C14H13BrF3NO. The van der Waals surface area contributed by atoms with Crippen LogP contribution in [-0.2, 0) is 12.6 Å². The van der Waals surface area contributed by atoms with Crippen LogP contribution in [0.25, 0.3) is 0 Å². The molecular weight excluding hydrogens is 335 g/mol. The van der Waals surface area contributed by atoms with Crippen molar-refractivity contribution in [3.05, 3.63) is 58.0 Å². The van der Waals surface area contributed by atoms with Crippen molar-refractivity contribution < 1.29 is 17.6 Å². The van der Waals surface area contributed by atoms with E-state index in [0.717, 1.165) is 23.3 Å². The first-order chi connectivity index (χ1) is 9.41. The molecule has 0 aliphatic rings. The van der Waals surface area contributed by atoms with Gasteiger partial charge >= 0.3 is 6.18 Å². The first-order valence-electron chi connectivity index (χ1n) is 5.98. The molecule has 1 heterocycles. The van der Waals surface area contributed by atoms with E-state index in [1.807, 2.05) is 6.07 Å². The Kier molecular flexibility index (Phi) is 4.55. The highest BCUT2D eigenvalue weighted by Crippen LogP contribution is 2.30. The normalized spacial score (nSPS) is 13.4. The molecule has 2 rings (SSSR count). The fourth-order valence-corrected chi connectivity index (χ4v) is 2.50. The number of hydrogen-bond donors (Lipinski definition) is 1. The molecule has 20 heavy (non-hydrogen) atoms. The van der Waals surface area contributed by atoms with Crippen LogP contribution >= 0.6 is 15.9 Å². The Labute approximate surface area is 123 Å². The maximum absolute atomic E-state index is 12.5. The van der Waals surface area contributed by atoms with Crippen molar-refractivity contribution in [2.24, 2.45) is 0 Å². The Balaban J connectivity index is 2.15. The summed E-state index contributed by atoms with van der Waals surface area (Å²) in [4.78, 5) is 0. The molecule has 2 aromatic rings. The lowest BCUT2D eigenvalue weighted by Gasteiger charge is -2.15. The van der Waals surface area contributed by atoms with Crippen LogP contribution in [0.4, 0.5) is 13.2 Å². The molecule has 1 unspecified atom stereocenters. The van der Waals surface area contributed by atoms with Gasteiger partial charge in [0.1, 0.15) is 0 Å². The molecule has 0 amide bonds. The maximum atomic E-state index is 12.5. The first-order valence-corrected chi connectivity index (χ1v) is 6.77. The highest BCUT2D eigenvalue weighted by Gasteiger charge is 2.30. The maximum Gasteiger partial charge on any atom is 0.416 e. The van der Waals surface area contributed by atoms with Gasteiger partial charge in [0.05, 0.1) is 11.8 Å². The zero-order chi connectivity index (χ0) is 14.8. The lowest BCUT2D eigenvalue weighted by Crippen LogP contribution is -2.18. The van der Waals surface area contributed by atoms with E-state index in [0.29, 0.717) is 11.1 Å². The summed E-state index contributed by atoms with van der Waals surface area (Å²) in [5.41, 5.74) is 1.13. The molecule has 0 saturated carbocycles. The van der Waals surface area contributed by atoms with Crippen molar-refractivity contribution in [2.45, 2.75) is 18.6 Å². The topological polar surface area (TPSA) is 25.2 Å². The summed E-state index contributed by atoms with van der Waals surface area (Å²) in [5, 5.41) is 3.13. The summed E-state index contributed by atoms with van der Waals surface area (Å²) in [6.45, 7) is 0. The van der Waals surface area contributed by atoms with Gasteiger partial charge in [-0.2, -0.15) is 13.2 Å². The van der Waals surface area contributed by atoms with Crippen molar-refractivity contribution >= 4 is 15.9 Å². The smallest absolute Gasteiger partial charge is 0.416 e. The lowest BCUT2D eigenvalue weighted by molar-refractivity contribution is -0.137. The average molecular weight is 348 g/mol. The second-order valence-corrected chi connectivity index (χ2v) is 5.11. The molecule has 0 aliphatic carbocycles. The van der Waals surface area contributed by atoms with Gasteiger partial charge in [0.2, 0.25) is 0 Å². The Morgan fingerprint density at radius 3 is 2.30 bits per heavy atom. The number of rotatable bonds is 4. The minimum atomic E-state index is -4.30. The molecule has 1 N–H and O–H groups in total. The highest BCUT2D eigenvalue weighted by molar-refractivity contribution is 9.10. The SMILES string of the molecule is CNC(Cc1ccc(C(F)(F)F)cc1)c1ccoc1Br.